The topological polar surface area (TPSA) is 72.9 Å². The molecular formula is C25H21NO5S. The highest BCUT2D eigenvalue weighted by atomic mass is 32.2. The third-order valence-electron chi connectivity index (χ3n) is 4.86. The Hall–Kier alpha value is -3.58. The number of thioether (sulfide) groups is 1. The molecule has 3 aromatic rings. The van der Waals surface area contributed by atoms with Crippen LogP contribution in [0.25, 0.3) is 16.8 Å². The second-order valence-corrected chi connectivity index (χ2v) is 8.11. The van der Waals surface area contributed by atoms with Crippen LogP contribution in [0.4, 0.5) is 4.79 Å². The minimum absolute atomic E-state index is 0.195. The van der Waals surface area contributed by atoms with Gasteiger partial charge in [0.1, 0.15) is 18.9 Å². The van der Waals surface area contributed by atoms with Gasteiger partial charge in [-0.15, -0.1) is 0 Å². The molecule has 0 aromatic heterocycles. The van der Waals surface area contributed by atoms with E-state index in [-0.39, 0.29) is 18.1 Å². The summed E-state index contributed by atoms with van der Waals surface area (Å²) >= 11 is 0.809. The summed E-state index contributed by atoms with van der Waals surface area (Å²) in [5, 5.41) is 1.87. The molecule has 2 amide bonds. The number of fused-ring (bicyclic) bond motifs is 1. The van der Waals surface area contributed by atoms with Gasteiger partial charge in [-0.05, 0) is 64.9 Å². The fourth-order valence-electron chi connectivity index (χ4n) is 3.28. The van der Waals surface area contributed by atoms with Gasteiger partial charge in [-0.2, -0.15) is 0 Å². The third kappa shape index (κ3) is 5.00. The van der Waals surface area contributed by atoms with E-state index in [1.165, 1.54) is 10.8 Å². The van der Waals surface area contributed by atoms with Crippen LogP contribution >= 0.6 is 11.8 Å². The first-order chi connectivity index (χ1) is 15.5. The molecule has 1 heterocycles. The van der Waals surface area contributed by atoms with Crippen molar-refractivity contribution in [2.45, 2.75) is 13.5 Å². The number of nitrogens with zero attached hydrogens (tertiary/aromatic N) is 1. The third-order valence-corrected chi connectivity index (χ3v) is 5.77. The maximum Gasteiger partial charge on any atom is 0.326 e. The molecule has 6 nitrogen and oxygen atoms in total. The number of hydrogen-bond donors (Lipinski definition) is 0. The van der Waals surface area contributed by atoms with E-state index >= 15 is 0 Å². The fraction of sp³-hybridized carbons (Fsp3) is 0.160. The van der Waals surface area contributed by atoms with Crippen LogP contribution in [0.5, 0.6) is 5.75 Å². The lowest BCUT2D eigenvalue weighted by molar-refractivity contribution is -0.145. The van der Waals surface area contributed by atoms with E-state index in [0.29, 0.717) is 12.4 Å². The Kier molecular flexibility index (Phi) is 6.56. The van der Waals surface area contributed by atoms with Gasteiger partial charge in [-0.3, -0.25) is 19.3 Å². The van der Waals surface area contributed by atoms with Crippen LogP contribution in [-0.2, 0) is 20.9 Å². The molecule has 1 aliphatic rings. The summed E-state index contributed by atoms with van der Waals surface area (Å²) in [5.41, 5.74) is 1.83. The van der Waals surface area contributed by atoms with Crippen molar-refractivity contribution in [3.63, 3.8) is 0 Å². The van der Waals surface area contributed by atoms with Crippen LogP contribution in [0.3, 0.4) is 0 Å². The van der Waals surface area contributed by atoms with E-state index in [0.717, 1.165) is 27.8 Å². The first kappa shape index (κ1) is 21.6. The lowest BCUT2D eigenvalue weighted by Crippen LogP contribution is -2.34. The molecule has 0 atom stereocenters. The second kappa shape index (κ2) is 9.70. The van der Waals surface area contributed by atoms with E-state index in [1.807, 2.05) is 42.5 Å². The Morgan fingerprint density at radius 2 is 1.75 bits per heavy atom. The highest BCUT2D eigenvalue weighted by Gasteiger charge is 2.36. The van der Waals surface area contributed by atoms with Crippen molar-refractivity contribution in [3.8, 4) is 5.75 Å². The van der Waals surface area contributed by atoms with Gasteiger partial charge in [0.05, 0.1) is 11.5 Å². The van der Waals surface area contributed by atoms with Gasteiger partial charge in [0.2, 0.25) is 0 Å². The molecule has 0 radical (unpaired) electrons. The number of amides is 2. The molecule has 0 N–H and O–H groups in total. The summed E-state index contributed by atoms with van der Waals surface area (Å²) in [6.07, 6.45) is 1.63. The molecule has 4 rings (SSSR count). The van der Waals surface area contributed by atoms with Gasteiger partial charge in [0.15, 0.2) is 0 Å². The van der Waals surface area contributed by atoms with E-state index < -0.39 is 17.1 Å². The van der Waals surface area contributed by atoms with E-state index in [4.69, 9.17) is 9.47 Å². The quantitative estimate of drug-likeness (QED) is 0.374. The molecule has 0 aliphatic carbocycles. The number of carbonyl (C=O) groups is 3. The predicted molar refractivity (Wildman–Crippen MR) is 124 cm³/mol. The summed E-state index contributed by atoms with van der Waals surface area (Å²) in [7, 11) is 0. The zero-order valence-corrected chi connectivity index (χ0v) is 18.3. The molecule has 7 heteroatoms. The lowest BCUT2D eigenvalue weighted by Gasteiger charge is -2.10. The standard InChI is InChI=1S/C25H21NO5S/c1-2-30-23(27)15-26-24(28)22(32-25(26)29)14-17-8-11-21(12-9-17)31-16-18-7-10-19-5-3-4-6-20(19)13-18/h3-14H,2,15-16H2,1H3/b22-14-. The van der Waals surface area contributed by atoms with Crippen molar-refractivity contribution in [2.24, 2.45) is 0 Å². The number of esters is 1. The molecule has 0 bridgehead atoms. The van der Waals surface area contributed by atoms with Gasteiger partial charge in [0, 0.05) is 0 Å². The van der Waals surface area contributed by atoms with E-state index in [9.17, 15) is 14.4 Å². The number of imide groups is 1. The van der Waals surface area contributed by atoms with Gasteiger partial charge in [0.25, 0.3) is 11.1 Å². The number of ether oxygens (including phenoxy) is 2. The number of benzene rings is 3. The Bertz CT molecular complexity index is 1200. The van der Waals surface area contributed by atoms with Crippen LogP contribution < -0.4 is 4.74 Å². The van der Waals surface area contributed by atoms with Gasteiger partial charge in [-0.1, -0.05) is 48.5 Å². The zero-order valence-electron chi connectivity index (χ0n) is 17.4. The molecule has 1 aliphatic heterocycles. The van der Waals surface area contributed by atoms with Gasteiger partial charge >= 0.3 is 5.97 Å². The Morgan fingerprint density at radius 3 is 2.50 bits per heavy atom. The average molecular weight is 448 g/mol. The molecule has 0 spiro atoms. The molecular weight excluding hydrogens is 426 g/mol. The maximum absolute atomic E-state index is 12.5. The molecule has 1 fully saturated rings. The second-order valence-electron chi connectivity index (χ2n) is 7.11. The highest BCUT2D eigenvalue weighted by molar-refractivity contribution is 8.18. The smallest absolute Gasteiger partial charge is 0.326 e. The maximum atomic E-state index is 12.5. The van der Waals surface area contributed by atoms with Crippen LogP contribution in [-0.4, -0.2) is 35.2 Å². The summed E-state index contributed by atoms with van der Waals surface area (Å²) < 4.78 is 10.7. The van der Waals surface area contributed by atoms with Crippen LogP contribution in [0.2, 0.25) is 0 Å². The minimum atomic E-state index is -0.607. The minimum Gasteiger partial charge on any atom is -0.489 e. The van der Waals surface area contributed by atoms with Crippen molar-refractivity contribution in [2.75, 3.05) is 13.2 Å². The van der Waals surface area contributed by atoms with Crippen LogP contribution in [0.1, 0.15) is 18.1 Å². The first-order valence-electron chi connectivity index (χ1n) is 10.1. The number of rotatable bonds is 7. The summed E-state index contributed by atoms with van der Waals surface area (Å²) in [4.78, 5) is 37.3. The molecule has 32 heavy (non-hydrogen) atoms. The summed E-state index contributed by atoms with van der Waals surface area (Å²) in [6, 6.07) is 21.7. The fourth-order valence-corrected chi connectivity index (χ4v) is 4.12. The largest absolute Gasteiger partial charge is 0.489 e. The van der Waals surface area contributed by atoms with Crippen LogP contribution in [0, 0.1) is 0 Å². The summed E-state index contributed by atoms with van der Waals surface area (Å²) in [6.45, 7) is 1.93. The molecule has 162 valence electrons. The average Bonchev–Trinajstić information content (AvgIpc) is 3.06. The van der Waals surface area contributed by atoms with Crippen LogP contribution in [0.15, 0.2) is 71.6 Å². The molecule has 3 aromatic carbocycles. The highest BCUT2D eigenvalue weighted by Crippen LogP contribution is 2.32. The van der Waals surface area contributed by atoms with E-state index in [1.54, 1.807) is 13.0 Å². The van der Waals surface area contributed by atoms with E-state index in [2.05, 4.69) is 24.3 Å². The van der Waals surface area contributed by atoms with Crippen molar-refractivity contribution in [1.82, 2.24) is 4.90 Å². The first-order valence-corrected chi connectivity index (χ1v) is 11.0. The number of carbonyl (C=O) groups excluding carboxylic acids is 3. The lowest BCUT2D eigenvalue weighted by atomic mass is 10.1. The Labute approximate surface area is 189 Å². The molecule has 0 unspecified atom stereocenters. The molecule has 1 saturated heterocycles. The SMILES string of the molecule is CCOC(=O)CN1C(=O)S/C(=C\c2ccc(OCc3ccc4ccccc4c3)cc2)C1=O. The van der Waals surface area contributed by atoms with Gasteiger partial charge < -0.3 is 9.47 Å². The monoisotopic (exact) mass is 447 g/mol. The molecule has 0 saturated carbocycles. The Morgan fingerprint density at radius 1 is 1.00 bits per heavy atom. The Balaban J connectivity index is 1.38. The predicted octanol–water partition coefficient (Wildman–Crippen LogP) is 5.02. The van der Waals surface area contributed by atoms with Crippen molar-refractivity contribution in [3.05, 3.63) is 82.8 Å². The van der Waals surface area contributed by atoms with Crippen molar-refractivity contribution >= 4 is 45.7 Å². The van der Waals surface area contributed by atoms with Crippen molar-refractivity contribution < 1.29 is 23.9 Å². The summed E-state index contributed by atoms with van der Waals surface area (Å²) in [5.74, 6) is -0.403. The van der Waals surface area contributed by atoms with Gasteiger partial charge in [-0.25, -0.2) is 0 Å². The number of hydrogen-bond acceptors (Lipinski definition) is 6. The normalized spacial score (nSPS) is 14.9. The zero-order chi connectivity index (χ0) is 22.5. The van der Waals surface area contributed by atoms with Crippen molar-refractivity contribution in [1.29, 1.82) is 0 Å².